The van der Waals surface area contributed by atoms with Crippen LogP contribution in [0.3, 0.4) is 0 Å². The molecule has 4 N–H and O–H groups in total. The molecule has 0 unspecified atom stereocenters. The van der Waals surface area contributed by atoms with Crippen LogP contribution in [0, 0.1) is 0 Å². The lowest BCUT2D eigenvalue weighted by Crippen LogP contribution is -2.13. The topological polar surface area (TPSA) is 128 Å². The largest absolute Gasteiger partial charge is 0.504 e. The molecule has 186 valence electrons. The highest BCUT2D eigenvalue weighted by Gasteiger charge is 2.18. The fourth-order valence-corrected chi connectivity index (χ4v) is 3.37. The van der Waals surface area contributed by atoms with E-state index >= 15 is 0 Å². The van der Waals surface area contributed by atoms with Crippen molar-refractivity contribution in [2.24, 2.45) is 5.73 Å². The van der Waals surface area contributed by atoms with Crippen molar-refractivity contribution in [3.8, 4) is 23.0 Å². The van der Waals surface area contributed by atoms with Crippen LogP contribution in [0.15, 0.2) is 72.8 Å². The van der Waals surface area contributed by atoms with E-state index in [0.717, 1.165) is 0 Å². The highest BCUT2D eigenvalue weighted by Crippen LogP contribution is 2.28. The molecule has 8 nitrogen and oxygen atoms in total. The fraction of sp³-hybridized carbons (Fsp3) is 0.143. The highest BCUT2D eigenvalue weighted by molar-refractivity contribution is 6.27. The van der Waals surface area contributed by atoms with E-state index in [1.807, 2.05) is 0 Å². The fourth-order valence-electron chi connectivity index (χ4n) is 3.37. The zero-order valence-electron chi connectivity index (χ0n) is 19.9. The smallest absolute Gasteiger partial charge is 0.330 e. The third kappa shape index (κ3) is 6.66. The molecule has 0 aliphatic carbocycles. The van der Waals surface area contributed by atoms with E-state index < -0.39 is 5.97 Å². The van der Waals surface area contributed by atoms with Crippen LogP contribution in [0.25, 0.3) is 17.3 Å². The molecule has 0 saturated carbocycles. The van der Waals surface area contributed by atoms with Gasteiger partial charge in [-0.25, -0.2) is 4.79 Å². The molecule has 3 rings (SSSR count). The Bertz CT molecular complexity index is 1280. The summed E-state index contributed by atoms with van der Waals surface area (Å²) in [5.41, 5.74) is 8.76. The number of esters is 1. The lowest BCUT2D eigenvalue weighted by atomic mass is 9.95. The summed E-state index contributed by atoms with van der Waals surface area (Å²) in [6, 6.07) is 18.1. The van der Waals surface area contributed by atoms with Gasteiger partial charge < -0.3 is 30.2 Å². The minimum Gasteiger partial charge on any atom is -0.504 e. The second-order valence-electron chi connectivity index (χ2n) is 7.67. The number of carbonyl (C=O) groups is 2. The van der Waals surface area contributed by atoms with Crippen molar-refractivity contribution in [1.82, 2.24) is 0 Å². The minimum absolute atomic E-state index is 0.0855. The Kier molecular flexibility index (Phi) is 8.72. The molecule has 0 aliphatic heterocycles. The number of benzene rings is 3. The van der Waals surface area contributed by atoms with Gasteiger partial charge in [0, 0.05) is 18.1 Å². The van der Waals surface area contributed by atoms with E-state index in [0.29, 0.717) is 33.8 Å². The summed E-state index contributed by atoms with van der Waals surface area (Å²) in [5.74, 6) is -0.226. The van der Waals surface area contributed by atoms with Crippen molar-refractivity contribution in [3.05, 3.63) is 89.5 Å². The Morgan fingerprint density at radius 3 is 1.97 bits per heavy atom. The summed E-state index contributed by atoms with van der Waals surface area (Å²) >= 11 is 0. The van der Waals surface area contributed by atoms with E-state index in [1.54, 1.807) is 62.8 Å². The summed E-state index contributed by atoms with van der Waals surface area (Å²) in [6.45, 7) is -0.154. The number of methoxy groups -OCH3 is 2. The van der Waals surface area contributed by atoms with Crippen LogP contribution in [-0.2, 0) is 14.3 Å². The number of ether oxygens (including phenoxy) is 3. The average molecular weight is 490 g/mol. The number of aromatic hydroxyl groups is 2. The predicted molar refractivity (Wildman–Crippen MR) is 136 cm³/mol. The maximum Gasteiger partial charge on any atom is 0.330 e. The van der Waals surface area contributed by atoms with Crippen LogP contribution in [0.4, 0.5) is 0 Å². The average Bonchev–Trinajstić information content (AvgIpc) is 2.90. The minimum atomic E-state index is -0.659. The van der Waals surface area contributed by atoms with Crippen molar-refractivity contribution >= 4 is 29.1 Å². The number of Topliss-reactive ketones (excluding diaryl/α,β-unsaturated/α-hetero) is 1. The van der Waals surface area contributed by atoms with Crippen LogP contribution < -0.4 is 15.2 Å². The molecule has 0 atom stereocenters. The first-order valence-corrected chi connectivity index (χ1v) is 11.0. The monoisotopic (exact) mass is 489 g/mol. The zero-order chi connectivity index (χ0) is 26.1. The Balaban J connectivity index is 1.74. The quantitative estimate of drug-likeness (QED) is 0.168. The second-order valence-corrected chi connectivity index (χ2v) is 7.67. The molecule has 0 spiro atoms. The van der Waals surface area contributed by atoms with Gasteiger partial charge in [0.05, 0.1) is 26.5 Å². The summed E-state index contributed by atoms with van der Waals surface area (Å²) in [6.07, 6.45) is 2.51. The number of ketones is 1. The van der Waals surface area contributed by atoms with Gasteiger partial charge in [0.15, 0.2) is 17.3 Å². The van der Waals surface area contributed by atoms with Crippen LogP contribution >= 0.6 is 0 Å². The molecule has 36 heavy (non-hydrogen) atoms. The number of hydrogen-bond acceptors (Lipinski definition) is 8. The molecule has 8 heteroatoms. The molecule has 3 aromatic carbocycles. The molecule has 0 aliphatic rings. The van der Waals surface area contributed by atoms with Crippen LogP contribution in [-0.4, -0.2) is 42.8 Å². The van der Waals surface area contributed by atoms with Gasteiger partial charge in [0.1, 0.15) is 11.5 Å². The summed E-state index contributed by atoms with van der Waals surface area (Å²) in [4.78, 5) is 25.3. The van der Waals surface area contributed by atoms with E-state index in [1.165, 1.54) is 30.4 Å². The van der Waals surface area contributed by atoms with E-state index in [4.69, 9.17) is 19.9 Å². The molecular formula is C28H27NO7. The van der Waals surface area contributed by atoms with Gasteiger partial charge in [0.25, 0.3) is 0 Å². The van der Waals surface area contributed by atoms with Gasteiger partial charge in [-0.1, -0.05) is 18.2 Å². The van der Waals surface area contributed by atoms with Crippen LogP contribution in [0.5, 0.6) is 23.0 Å². The molecule has 0 bridgehead atoms. The van der Waals surface area contributed by atoms with Crippen molar-refractivity contribution in [2.45, 2.75) is 6.42 Å². The summed E-state index contributed by atoms with van der Waals surface area (Å²) in [5, 5.41) is 18.9. The highest BCUT2D eigenvalue weighted by atomic mass is 16.5. The van der Waals surface area contributed by atoms with Gasteiger partial charge >= 0.3 is 5.97 Å². The summed E-state index contributed by atoms with van der Waals surface area (Å²) in [7, 11) is 3.11. The Labute approximate surface area is 208 Å². The first-order chi connectivity index (χ1) is 17.3. The van der Waals surface area contributed by atoms with Gasteiger partial charge in [-0.15, -0.1) is 0 Å². The van der Waals surface area contributed by atoms with Crippen molar-refractivity contribution in [2.75, 3.05) is 20.8 Å². The third-order valence-electron chi connectivity index (χ3n) is 5.31. The standard InChI is InChI=1S/C28H27NO7/c1-34-21-9-5-19(6-10-21)27(28(29)20-7-11-22(35-2)12-8-20)24(31)15-16-36-26(33)14-4-18-3-13-23(30)25(32)17-18/h3-14,17,30,32H,15-16,29H2,1-2H3/b14-4+,28-27?. The molecular weight excluding hydrogens is 462 g/mol. The van der Waals surface area contributed by atoms with E-state index in [-0.39, 0.29) is 36.0 Å². The SMILES string of the molecule is COc1ccc(C(N)=C(C(=O)CCOC(=O)/C=C/c2ccc(O)c(O)c2)c2ccc(OC)cc2)cc1. The zero-order valence-corrected chi connectivity index (χ0v) is 19.9. The second kappa shape index (κ2) is 12.1. The first kappa shape index (κ1) is 25.9. The normalized spacial score (nSPS) is 11.6. The van der Waals surface area contributed by atoms with Crippen molar-refractivity contribution < 1.29 is 34.0 Å². The molecule has 0 saturated heterocycles. The number of nitrogens with two attached hydrogens (primary N) is 1. The van der Waals surface area contributed by atoms with Gasteiger partial charge in [0.2, 0.25) is 0 Å². The van der Waals surface area contributed by atoms with Crippen molar-refractivity contribution in [3.63, 3.8) is 0 Å². The maximum absolute atomic E-state index is 13.2. The predicted octanol–water partition coefficient (Wildman–Crippen LogP) is 4.16. The van der Waals surface area contributed by atoms with Gasteiger partial charge in [-0.3, -0.25) is 4.79 Å². The van der Waals surface area contributed by atoms with Crippen molar-refractivity contribution in [1.29, 1.82) is 0 Å². The number of rotatable bonds is 10. The van der Waals surface area contributed by atoms with Gasteiger partial charge in [-0.2, -0.15) is 0 Å². The maximum atomic E-state index is 13.2. The number of phenolic OH excluding ortho intramolecular Hbond substituents is 2. The molecule has 0 fully saturated rings. The number of allylic oxidation sites excluding steroid dienone is 1. The van der Waals surface area contributed by atoms with Crippen LogP contribution in [0.1, 0.15) is 23.1 Å². The molecule has 3 aromatic rings. The third-order valence-corrected chi connectivity index (χ3v) is 5.31. The first-order valence-electron chi connectivity index (χ1n) is 11.0. The molecule has 0 heterocycles. The number of hydrogen-bond donors (Lipinski definition) is 3. The molecule has 0 amide bonds. The molecule has 0 aromatic heterocycles. The van der Waals surface area contributed by atoms with Crippen LogP contribution in [0.2, 0.25) is 0 Å². The van der Waals surface area contributed by atoms with E-state index in [9.17, 15) is 19.8 Å². The lowest BCUT2D eigenvalue weighted by molar-refractivity contribution is -0.138. The lowest BCUT2D eigenvalue weighted by Gasteiger charge is -2.13. The Hall–Kier alpha value is -4.72. The van der Waals surface area contributed by atoms with E-state index in [2.05, 4.69) is 0 Å². The van der Waals surface area contributed by atoms with Gasteiger partial charge in [-0.05, 0) is 71.3 Å². The molecule has 0 radical (unpaired) electrons. The number of carbonyl (C=O) groups excluding carboxylic acids is 2. The number of phenols is 2. The Morgan fingerprint density at radius 2 is 1.42 bits per heavy atom. The Morgan fingerprint density at radius 1 is 0.833 bits per heavy atom. The summed E-state index contributed by atoms with van der Waals surface area (Å²) < 4.78 is 15.6.